The molecule has 1 aliphatic rings. The molecule has 0 fully saturated rings. The van der Waals surface area contributed by atoms with Crippen molar-refractivity contribution < 1.29 is 14.4 Å². The summed E-state index contributed by atoms with van der Waals surface area (Å²) in [7, 11) is 3.18. The van der Waals surface area contributed by atoms with Crippen molar-refractivity contribution in [1.29, 1.82) is 0 Å². The normalized spacial score (nSPS) is 13.5. The number of amides is 3. The van der Waals surface area contributed by atoms with Crippen LogP contribution in [0.15, 0.2) is 54.2 Å². The summed E-state index contributed by atoms with van der Waals surface area (Å²) in [5.41, 5.74) is 3.66. The molecule has 1 N–H and O–H groups in total. The van der Waals surface area contributed by atoms with Crippen LogP contribution >= 0.6 is 11.6 Å². The van der Waals surface area contributed by atoms with E-state index in [9.17, 15) is 14.4 Å². The number of imide groups is 1. The first-order valence-corrected chi connectivity index (χ1v) is 9.51. The van der Waals surface area contributed by atoms with Gasteiger partial charge < -0.3 is 10.2 Å². The number of nitrogens with zero attached hydrogens (tertiary/aromatic N) is 2. The molecule has 0 spiro atoms. The van der Waals surface area contributed by atoms with Crippen molar-refractivity contribution in [2.24, 2.45) is 0 Å². The molecule has 0 aliphatic carbocycles. The second kappa shape index (κ2) is 8.49. The number of likely N-dealkylation sites (N-methyl/N-ethyl adjacent to an activating group) is 2. The van der Waals surface area contributed by atoms with Gasteiger partial charge in [-0.3, -0.25) is 19.3 Å². The number of anilines is 1. The van der Waals surface area contributed by atoms with E-state index >= 15 is 0 Å². The Morgan fingerprint density at radius 3 is 2.55 bits per heavy atom. The average Bonchev–Trinajstić information content (AvgIpc) is 2.91. The molecule has 6 nitrogen and oxygen atoms in total. The van der Waals surface area contributed by atoms with Gasteiger partial charge in [0.1, 0.15) is 5.70 Å². The smallest absolute Gasteiger partial charge is 0.277 e. The maximum atomic E-state index is 12.6. The lowest BCUT2D eigenvalue weighted by Crippen LogP contribution is -2.28. The van der Waals surface area contributed by atoms with Gasteiger partial charge in [0.25, 0.3) is 11.8 Å². The van der Waals surface area contributed by atoms with E-state index in [1.165, 1.54) is 13.1 Å². The van der Waals surface area contributed by atoms with Crippen molar-refractivity contribution >= 4 is 35.0 Å². The van der Waals surface area contributed by atoms with Gasteiger partial charge in [-0.25, -0.2) is 0 Å². The monoisotopic (exact) mass is 411 g/mol. The molecule has 0 saturated carbocycles. The zero-order valence-electron chi connectivity index (χ0n) is 16.5. The molecule has 29 heavy (non-hydrogen) atoms. The second-order valence-corrected chi connectivity index (χ2v) is 7.50. The number of benzene rings is 2. The lowest BCUT2D eigenvalue weighted by atomic mass is 10.1. The number of aryl methyl sites for hydroxylation is 1. The number of rotatable bonds is 6. The summed E-state index contributed by atoms with van der Waals surface area (Å²) >= 11 is 6.14. The molecule has 3 rings (SSSR count). The average molecular weight is 412 g/mol. The lowest BCUT2D eigenvalue weighted by Gasteiger charge is -2.18. The van der Waals surface area contributed by atoms with Crippen LogP contribution in [-0.4, -0.2) is 41.6 Å². The fraction of sp³-hybridized carbons (Fsp3) is 0.227. The molecule has 0 bridgehead atoms. The highest BCUT2D eigenvalue weighted by molar-refractivity contribution is 6.31. The Kier molecular flexibility index (Phi) is 6.03. The van der Waals surface area contributed by atoms with Gasteiger partial charge in [0.2, 0.25) is 5.91 Å². The summed E-state index contributed by atoms with van der Waals surface area (Å²) in [6.45, 7) is 2.34. The highest BCUT2D eigenvalue weighted by Crippen LogP contribution is 2.19. The maximum Gasteiger partial charge on any atom is 0.277 e. The van der Waals surface area contributed by atoms with E-state index < -0.39 is 0 Å². The summed E-state index contributed by atoms with van der Waals surface area (Å²) in [6.07, 6.45) is 1.54. The maximum absolute atomic E-state index is 12.6. The van der Waals surface area contributed by atoms with E-state index in [1.54, 1.807) is 18.0 Å². The predicted molar refractivity (Wildman–Crippen MR) is 112 cm³/mol. The van der Waals surface area contributed by atoms with Crippen LogP contribution in [-0.2, 0) is 27.3 Å². The zero-order chi connectivity index (χ0) is 21.1. The Labute approximate surface area is 174 Å². The minimum atomic E-state index is -0.371. The Hall–Kier alpha value is -3.12. The van der Waals surface area contributed by atoms with E-state index in [1.807, 2.05) is 43.3 Å². The Balaban J connectivity index is 1.64. The van der Waals surface area contributed by atoms with E-state index in [-0.39, 0.29) is 29.8 Å². The van der Waals surface area contributed by atoms with Gasteiger partial charge in [0.15, 0.2) is 0 Å². The molecule has 0 unspecified atom stereocenters. The van der Waals surface area contributed by atoms with Crippen LogP contribution in [0, 0.1) is 6.92 Å². The molecule has 0 radical (unpaired) electrons. The van der Waals surface area contributed by atoms with Crippen LogP contribution in [0.25, 0.3) is 0 Å². The minimum Gasteiger partial charge on any atom is -0.351 e. The Bertz CT molecular complexity index is 1020. The standard InChI is InChI=1S/C22H22ClN3O3/c1-14-7-8-15(10-18(14)23)11-20(27)25(2)13-16-5-4-6-17(9-16)24-19-12-21(28)26(3)22(19)29/h4-10,12,24H,11,13H2,1-3H3. The highest BCUT2D eigenvalue weighted by atomic mass is 35.5. The molecule has 0 saturated heterocycles. The van der Waals surface area contributed by atoms with Crippen LogP contribution in [0.2, 0.25) is 5.02 Å². The van der Waals surface area contributed by atoms with Gasteiger partial charge in [-0.1, -0.05) is 35.9 Å². The third-order valence-corrected chi connectivity index (χ3v) is 5.18. The van der Waals surface area contributed by atoms with E-state index in [0.29, 0.717) is 17.3 Å². The van der Waals surface area contributed by atoms with Crippen LogP contribution in [0.3, 0.4) is 0 Å². The molecule has 2 aromatic carbocycles. The molecule has 3 amide bonds. The number of carbonyl (C=O) groups is 3. The lowest BCUT2D eigenvalue weighted by molar-refractivity contribution is -0.135. The summed E-state index contributed by atoms with van der Waals surface area (Å²) in [4.78, 5) is 38.9. The van der Waals surface area contributed by atoms with E-state index in [2.05, 4.69) is 5.32 Å². The van der Waals surface area contributed by atoms with Gasteiger partial charge in [0.05, 0.1) is 6.42 Å². The summed E-state index contributed by atoms with van der Waals surface area (Å²) < 4.78 is 0. The van der Waals surface area contributed by atoms with Crippen LogP contribution in [0.1, 0.15) is 16.7 Å². The van der Waals surface area contributed by atoms with Crippen LogP contribution in [0.5, 0.6) is 0 Å². The number of nitrogens with one attached hydrogen (secondary N) is 1. The van der Waals surface area contributed by atoms with Gasteiger partial charge >= 0.3 is 0 Å². The Morgan fingerprint density at radius 1 is 1.14 bits per heavy atom. The first-order valence-electron chi connectivity index (χ1n) is 9.13. The van der Waals surface area contributed by atoms with Crippen molar-refractivity contribution in [1.82, 2.24) is 9.80 Å². The first kappa shape index (κ1) is 20.6. The van der Waals surface area contributed by atoms with Crippen LogP contribution < -0.4 is 5.32 Å². The molecule has 1 heterocycles. The predicted octanol–water partition coefficient (Wildman–Crippen LogP) is 3.14. The molecule has 2 aromatic rings. The fourth-order valence-corrected chi connectivity index (χ4v) is 3.18. The third kappa shape index (κ3) is 4.84. The Morgan fingerprint density at radius 2 is 1.90 bits per heavy atom. The largest absolute Gasteiger partial charge is 0.351 e. The minimum absolute atomic E-state index is 0.0239. The molecule has 0 aromatic heterocycles. The zero-order valence-corrected chi connectivity index (χ0v) is 17.3. The van der Waals surface area contributed by atoms with Crippen LogP contribution in [0.4, 0.5) is 5.69 Å². The SMILES string of the molecule is Cc1ccc(CC(=O)N(C)Cc2cccc(NC3=CC(=O)N(C)C3=O)c2)cc1Cl. The van der Waals surface area contributed by atoms with Gasteiger partial charge in [-0.15, -0.1) is 0 Å². The van der Waals surface area contributed by atoms with Gasteiger partial charge in [-0.05, 0) is 41.8 Å². The number of hydrogen-bond donors (Lipinski definition) is 1. The molecule has 0 atom stereocenters. The highest BCUT2D eigenvalue weighted by Gasteiger charge is 2.27. The molecule has 7 heteroatoms. The number of hydrogen-bond acceptors (Lipinski definition) is 4. The summed E-state index contributed by atoms with van der Waals surface area (Å²) in [5, 5.41) is 3.63. The number of carbonyl (C=O) groups excluding carboxylic acids is 3. The van der Waals surface area contributed by atoms with Crippen molar-refractivity contribution in [3.05, 3.63) is 76.0 Å². The van der Waals surface area contributed by atoms with Crippen molar-refractivity contribution in [2.45, 2.75) is 19.9 Å². The van der Waals surface area contributed by atoms with E-state index in [4.69, 9.17) is 11.6 Å². The van der Waals surface area contributed by atoms with E-state index in [0.717, 1.165) is 21.6 Å². The molecular formula is C22H22ClN3O3. The van der Waals surface area contributed by atoms with Crippen molar-refractivity contribution in [2.75, 3.05) is 19.4 Å². The number of halogens is 1. The van der Waals surface area contributed by atoms with Gasteiger partial charge in [0, 0.05) is 37.4 Å². The molecule has 1 aliphatic heterocycles. The van der Waals surface area contributed by atoms with Crippen molar-refractivity contribution in [3.8, 4) is 0 Å². The first-order chi connectivity index (χ1) is 13.7. The topological polar surface area (TPSA) is 69.7 Å². The van der Waals surface area contributed by atoms with Gasteiger partial charge in [-0.2, -0.15) is 0 Å². The second-order valence-electron chi connectivity index (χ2n) is 7.10. The molecule has 150 valence electrons. The summed E-state index contributed by atoms with van der Waals surface area (Å²) in [6, 6.07) is 13.0. The quantitative estimate of drug-likeness (QED) is 0.741. The summed E-state index contributed by atoms with van der Waals surface area (Å²) in [5.74, 6) is -0.746. The van der Waals surface area contributed by atoms with Crippen molar-refractivity contribution in [3.63, 3.8) is 0 Å². The molecular weight excluding hydrogens is 390 g/mol. The third-order valence-electron chi connectivity index (χ3n) is 4.78. The fourth-order valence-electron chi connectivity index (χ4n) is 2.97.